The summed E-state index contributed by atoms with van der Waals surface area (Å²) in [7, 11) is 0. The Morgan fingerprint density at radius 2 is 1.76 bits per heavy atom. The first-order chi connectivity index (χ1) is 7.96. The van der Waals surface area contributed by atoms with Crippen molar-refractivity contribution in [3.63, 3.8) is 0 Å². The Balaban J connectivity index is 4.30. The number of rotatable bonds is 8. The van der Waals surface area contributed by atoms with Crippen molar-refractivity contribution in [2.45, 2.75) is 27.7 Å². The van der Waals surface area contributed by atoms with Crippen LogP contribution in [0.4, 0.5) is 0 Å². The van der Waals surface area contributed by atoms with E-state index in [2.05, 4.69) is 4.90 Å². The molecule has 0 fully saturated rings. The van der Waals surface area contributed by atoms with E-state index in [0.717, 1.165) is 26.2 Å². The Morgan fingerprint density at radius 3 is 2.12 bits per heavy atom. The predicted molar refractivity (Wildman–Crippen MR) is 76.0 cm³/mol. The molecule has 0 aliphatic carbocycles. The Hall–Kier alpha value is -0.680. The van der Waals surface area contributed by atoms with Gasteiger partial charge < -0.3 is 10.6 Å². The number of thiocarbonyl (C=S) groups is 1. The Bertz CT molecular complexity index is 254. The average molecular weight is 259 g/mol. The second-order valence-corrected chi connectivity index (χ2v) is 4.67. The highest BCUT2D eigenvalue weighted by atomic mass is 32.1. The number of nitrogens with zero attached hydrogens (tertiary/aromatic N) is 2. The van der Waals surface area contributed by atoms with E-state index in [4.69, 9.17) is 18.0 Å². The molecule has 2 N–H and O–H groups in total. The number of carbonyl (C=O) groups excluding carboxylic acids is 1. The number of nitrogens with two attached hydrogens (primary N) is 1. The molecule has 0 aromatic carbocycles. The van der Waals surface area contributed by atoms with Gasteiger partial charge in [0.05, 0.1) is 11.5 Å². The molecule has 1 amide bonds. The van der Waals surface area contributed by atoms with Crippen LogP contribution in [-0.4, -0.2) is 53.4 Å². The topological polar surface area (TPSA) is 49.6 Å². The van der Waals surface area contributed by atoms with Gasteiger partial charge in [-0.05, 0) is 20.4 Å². The van der Waals surface area contributed by atoms with E-state index in [9.17, 15) is 4.79 Å². The molecular formula is C12H25N3OS. The fourth-order valence-corrected chi connectivity index (χ4v) is 1.72. The smallest absolute Gasteiger partial charge is 0.236 e. The molecular weight excluding hydrogens is 234 g/mol. The van der Waals surface area contributed by atoms with Crippen LogP contribution >= 0.6 is 12.2 Å². The van der Waals surface area contributed by atoms with E-state index in [1.807, 2.05) is 32.6 Å². The van der Waals surface area contributed by atoms with Gasteiger partial charge in [0.1, 0.15) is 0 Å². The standard InChI is InChI=1S/C12H25N3OS/c1-5-14(8-10(4)12(13)17)9-11(16)15(6-2)7-3/h10H,5-9H2,1-4H3,(H2,13,17). The van der Waals surface area contributed by atoms with Crippen LogP contribution in [0.15, 0.2) is 0 Å². The van der Waals surface area contributed by atoms with E-state index in [1.165, 1.54) is 0 Å². The van der Waals surface area contributed by atoms with Crippen LogP contribution in [0.2, 0.25) is 0 Å². The fraction of sp³-hybridized carbons (Fsp3) is 0.833. The lowest BCUT2D eigenvalue weighted by Crippen LogP contribution is -2.42. The van der Waals surface area contributed by atoms with E-state index < -0.39 is 0 Å². The maximum Gasteiger partial charge on any atom is 0.236 e. The van der Waals surface area contributed by atoms with Crippen molar-refractivity contribution in [3.8, 4) is 0 Å². The third-order valence-electron chi connectivity index (χ3n) is 2.94. The summed E-state index contributed by atoms with van der Waals surface area (Å²) in [5.74, 6) is 0.321. The van der Waals surface area contributed by atoms with E-state index in [-0.39, 0.29) is 11.8 Å². The molecule has 0 spiro atoms. The van der Waals surface area contributed by atoms with Gasteiger partial charge in [0.15, 0.2) is 0 Å². The summed E-state index contributed by atoms with van der Waals surface area (Å²) in [5, 5.41) is 0. The molecule has 1 unspecified atom stereocenters. The van der Waals surface area contributed by atoms with Gasteiger partial charge in [-0.15, -0.1) is 0 Å². The molecule has 0 saturated heterocycles. The summed E-state index contributed by atoms with van der Waals surface area (Å²) in [6.45, 7) is 11.6. The lowest BCUT2D eigenvalue weighted by atomic mass is 10.1. The highest BCUT2D eigenvalue weighted by Crippen LogP contribution is 2.02. The second-order valence-electron chi connectivity index (χ2n) is 4.20. The molecule has 0 bridgehead atoms. The van der Waals surface area contributed by atoms with Gasteiger partial charge in [-0.3, -0.25) is 9.69 Å². The van der Waals surface area contributed by atoms with Crippen molar-refractivity contribution in [1.29, 1.82) is 0 Å². The van der Waals surface area contributed by atoms with E-state index >= 15 is 0 Å². The third kappa shape index (κ3) is 5.98. The molecule has 0 radical (unpaired) electrons. The molecule has 4 nitrogen and oxygen atoms in total. The molecule has 1 atom stereocenters. The van der Waals surface area contributed by atoms with Crippen LogP contribution in [0.3, 0.4) is 0 Å². The van der Waals surface area contributed by atoms with Crippen molar-refractivity contribution in [2.75, 3.05) is 32.7 Å². The molecule has 0 rings (SSSR count). The molecule has 17 heavy (non-hydrogen) atoms. The fourth-order valence-electron chi connectivity index (χ4n) is 1.65. The molecule has 5 heteroatoms. The molecule has 0 aromatic rings. The summed E-state index contributed by atoms with van der Waals surface area (Å²) in [4.78, 5) is 16.4. The second kappa shape index (κ2) is 8.42. The third-order valence-corrected chi connectivity index (χ3v) is 3.34. The minimum absolute atomic E-state index is 0.148. The van der Waals surface area contributed by atoms with Crippen LogP contribution in [0.25, 0.3) is 0 Å². The zero-order chi connectivity index (χ0) is 13.4. The van der Waals surface area contributed by atoms with Gasteiger partial charge in [0.2, 0.25) is 5.91 Å². The zero-order valence-corrected chi connectivity index (χ0v) is 12.2. The average Bonchev–Trinajstić information content (AvgIpc) is 2.29. The Morgan fingerprint density at radius 1 is 1.24 bits per heavy atom. The van der Waals surface area contributed by atoms with Gasteiger partial charge in [-0.25, -0.2) is 0 Å². The highest BCUT2D eigenvalue weighted by molar-refractivity contribution is 7.80. The Kier molecular flexibility index (Phi) is 8.08. The minimum Gasteiger partial charge on any atom is -0.393 e. The number of likely N-dealkylation sites (N-methyl/N-ethyl adjacent to an activating group) is 2. The van der Waals surface area contributed by atoms with Crippen molar-refractivity contribution in [1.82, 2.24) is 9.80 Å². The first-order valence-electron chi connectivity index (χ1n) is 6.25. The van der Waals surface area contributed by atoms with E-state index in [1.54, 1.807) is 0 Å². The largest absolute Gasteiger partial charge is 0.393 e. The van der Waals surface area contributed by atoms with Gasteiger partial charge >= 0.3 is 0 Å². The first-order valence-corrected chi connectivity index (χ1v) is 6.66. The van der Waals surface area contributed by atoms with Crippen LogP contribution < -0.4 is 5.73 Å². The van der Waals surface area contributed by atoms with Crippen LogP contribution in [0.5, 0.6) is 0 Å². The monoisotopic (exact) mass is 259 g/mol. The zero-order valence-electron chi connectivity index (χ0n) is 11.4. The van der Waals surface area contributed by atoms with Crippen LogP contribution in [0.1, 0.15) is 27.7 Å². The number of carbonyl (C=O) groups is 1. The number of hydrogen-bond acceptors (Lipinski definition) is 3. The van der Waals surface area contributed by atoms with Crippen LogP contribution in [0, 0.1) is 5.92 Å². The summed E-state index contributed by atoms with van der Waals surface area (Å²) < 4.78 is 0. The normalized spacial score (nSPS) is 12.5. The van der Waals surface area contributed by atoms with Gasteiger partial charge in [0, 0.05) is 25.6 Å². The molecule has 100 valence electrons. The quantitative estimate of drug-likeness (QED) is 0.663. The van der Waals surface area contributed by atoms with Gasteiger partial charge in [-0.1, -0.05) is 26.1 Å². The summed E-state index contributed by atoms with van der Waals surface area (Å²) in [5.41, 5.74) is 5.59. The highest BCUT2D eigenvalue weighted by Gasteiger charge is 2.16. The summed E-state index contributed by atoms with van der Waals surface area (Å²) >= 11 is 4.95. The first kappa shape index (κ1) is 16.3. The van der Waals surface area contributed by atoms with E-state index in [0.29, 0.717) is 11.5 Å². The summed E-state index contributed by atoms with van der Waals surface area (Å²) in [6, 6.07) is 0. The van der Waals surface area contributed by atoms with Gasteiger partial charge in [0.25, 0.3) is 0 Å². The maximum atomic E-state index is 11.9. The van der Waals surface area contributed by atoms with Crippen LogP contribution in [-0.2, 0) is 4.79 Å². The van der Waals surface area contributed by atoms with Gasteiger partial charge in [-0.2, -0.15) is 0 Å². The molecule has 0 saturated carbocycles. The van der Waals surface area contributed by atoms with Crippen molar-refractivity contribution >= 4 is 23.1 Å². The predicted octanol–water partition coefficient (Wildman–Crippen LogP) is 1.10. The SMILES string of the molecule is CCN(CC(=O)N(CC)CC)CC(C)C(N)=S. The number of hydrogen-bond donors (Lipinski definition) is 1. The van der Waals surface area contributed by atoms with Crippen molar-refractivity contribution < 1.29 is 4.79 Å². The lowest BCUT2D eigenvalue weighted by Gasteiger charge is -2.26. The van der Waals surface area contributed by atoms with Crippen molar-refractivity contribution in [2.24, 2.45) is 11.7 Å². The lowest BCUT2D eigenvalue weighted by molar-refractivity contribution is -0.132. The summed E-state index contributed by atoms with van der Waals surface area (Å²) in [6.07, 6.45) is 0. The molecule has 0 aromatic heterocycles. The Labute approximate surface area is 110 Å². The number of amides is 1. The molecule has 0 heterocycles. The molecule has 0 aliphatic heterocycles. The van der Waals surface area contributed by atoms with Crippen molar-refractivity contribution in [3.05, 3.63) is 0 Å². The maximum absolute atomic E-state index is 11.9. The minimum atomic E-state index is 0.148. The molecule has 0 aliphatic rings.